The zero-order valence-corrected chi connectivity index (χ0v) is 13.7. The lowest BCUT2D eigenvalue weighted by atomic mass is 9.67. The number of phenols is 1. The van der Waals surface area contributed by atoms with E-state index < -0.39 is 0 Å². The Bertz CT molecular complexity index is 449. The van der Waals surface area contributed by atoms with Gasteiger partial charge in [-0.05, 0) is 36.0 Å². The highest BCUT2D eigenvalue weighted by Gasteiger charge is 2.38. The summed E-state index contributed by atoms with van der Waals surface area (Å²) >= 11 is 0. The highest BCUT2D eigenvalue weighted by molar-refractivity contribution is 5.87. The van der Waals surface area contributed by atoms with E-state index in [4.69, 9.17) is 0 Å². The third-order valence-corrected chi connectivity index (χ3v) is 4.29. The molecule has 1 aromatic rings. The average molecular weight is 276 g/mol. The number of ketones is 1. The molecule has 0 aromatic heterocycles. The van der Waals surface area contributed by atoms with E-state index in [2.05, 4.69) is 27.7 Å². The molecule has 1 aromatic carbocycles. The topological polar surface area (TPSA) is 37.3 Å². The van der Waals surface area contributed by atoms with E-state index in [1.165, 1.54) is 0 Å². The van der Waals surface area contributed by atoms with Gasteiger partial charge in [0.15, 0.2) is 0 Å². The standard InChI is InChI=1S/C18H28O2/c1-7-18(5,6)16(20)15(17(2,3)4)12-13-8-10-14(19)11-9-13/h8-11,15,19H,7,12H2,1-6H3. The predicted molar refractivity (Wildman–Crippen MR) is 83.8 cm³/mol. The van der Waals surface area contributed by atoms with Crippen molar-refractivity contribution in [2.75, 3.05) is 0 Å². The lowest BCUT2D eigenvalue weighted by Crippen LogP contribution is -2.39. The number of rotatable bonds is 5. The van der Waals surface area contributed by atoms with Crippen molar-refractivity contribution in [2.45, 2.75) is 54.4 Å². The smallest absolute Gasteiger partial charge is 0.142 e. The fraction of sp³-hybridized carbons (Fsp3) is 0.611. The highest BCUT2D eigenvalue weighted by Crippen LogP contribution is 2.37. The molecule has 0 aliphatic carbocycles. The lowest BCUT2D eigenvalue weighted by Gasteiger charge is -2.35. The molecular formula is C18H28O2. The van der Waals surface area contributed by atoms with Gasteiger partial charge < -0.3 is 5.11 Å². The van der Waals surface area contributed by atoms with Crippen LogP contribution < -0.4 is 0 Å². The summed E-state index contributed by atoms with van der Waals surface area (Å²) in [5, 5.41) is 9.36. The van der Waals surface area contributed by atoms with Gasteiger partial charge in [0.05, 0.1) is 0 Å². The molecule has 2 nitrogen and oxygen atoms in total. The fourth-order valence-electron chi connectivity index (χ4n) is 2.31. The third kappa shape index (κ3) is 4.09. The van der Waals surface area contributed by atoms with Crippen LogP contribution in [0.3, 0.4) is 0 Å². The van der Waals surface area contributed by atoms with Gasteiger partial charge in [0, 0.05) is 11.3 Å². The summed E-state index contributed by atoms with van der Waals surface area (Å²) in [7, 11) is 0. The average Bonchev–Trinajstić information content (AvgIpc) is 2.35. The molecule has 0 aliphatic rings. The first kappa shape index (κ1) is 16.7. The van der Waals surface area contributed by atoms with Crippen molar-refractivity contribution < 1.29 is 9.90 Å². The molecule has 20 heavy (non-hydrogen) atoms. The Morgan fingerprint density at radius 2 is 1.60 bits per heavy atom. The fourth-order valence-corrected chi connectivity index (χ4v) is 2.31. The highest BCUT2D eigenvalue weighted by atomic mass is 16.3. The number of phenolic OH excluding ortho intramolecular Hbond substituents is 1. The van der Waals surface area contributed by atoms with Gasteiger partial charge in [-0.3, -0.25) is 4.79 Å². The molecule has 2 heteroatoms. The largest absolute Gasteiger partial charge is 0.508 e. The number of hydrogen-bond acceptors (Lipinski definition) is 2. The molecule has 0 bridgehead atoms. The quantitative estimate of drug-likeness (QED) is 0.853. The molecule has 0 saturated carbocycles. The minimum Gasteiger partial charge on any atom is -0.508 e. The molecule has 112 valence electrons. The van der Waals surface area contributed by atoms with Gasteiger partial charge in [-0.1, -0.05) is 53.7 Å². The van der Waals surface area contributed by atoms with Gasteiger partial charge in [-0.25, -0.2) is 0 Å². The van der Waals surface area contributed by atoms with Gasteiger partial charge in [0.25, 0.3) is 0 Å². The monoisotopic (exact) mass is 276 g/mol. The minimum absolute atomic E-state index is 0.0120. The van der Waals surface area contributed by atoms with Crippen molar-refractivity contribution >= 4 is 5.78 Å². The second kappa shape index (κ2) is 5.99. The SMILES string of the molecule is CCC(C)(C)C(=O)C(Cc1ccc(O)cc1)C(C)(C)C. The number of hydrogen-bond donors (Lipinski definition) is 1. The van der Waals surface area contributed by atoms with Crippen molar-refractivity contribution in [1.82, 2.24) is 0 Å². The van der Waals surface area contributed by atoms with E-state index in [9.17, 15) is 9.90 Å². The summed E-state index contributed by atoms with van der Waals surface area (Å²) in [6, 6.07) is 7.18. The summed E-state index contributed by atoms with van der Waals surface area (Å²) in [6.07, 6.45) is 1.58. The molecular weight excluding hydrogens is 248 g/mol. The number of carbonyl (C=O) groups is 1. The molecule has 0 fully saturated rings. The number of aromatic hydroxyl groups is 1. The summed E-state index contributed by atoms with van der Waals surface area (Å²) in [5.74, 6) is 0.587. The summed E-state index contributed by atoms with van der Waals surface area (Å²) < 4.78 is 0. The van der Waals surface area contributed by atoms with Crippen LogP contribution in [-0.2, 0) is 11.2 Å². The van der Waals surface area contributed by atoms with Crippen LogP contribution in [0.1, 0.15) is 53.5 Å². The van der Waals surface area contributed by atoms with Crippen LogP contribution >= 0.6 is 0 Å². The Balaban J connectivity index is 3.03. The molecule has 0 radical (unpaired) electrons. The van der Waals surface area contributed by atoms with Crippen LogP contribution in [0.15, 0.2) is 24.3 Å². The molecule has 1 rings (SSSR count). The van der Waals surface area contributed by atoms with E-state index in [-0.39, 0.29) is 22.5 Å². The molecule has 0 saturated heterocycles. The normalized spacial score (nSPS) is 14.1. The van der Waals surface area contributed by atoms with Crippen LogP contribution in [0, 0.1) is 16.7 Å². The first-order valence-corrected chi connectivity index (χ1v) is 7.40. The molecule has 1 N–H and O–H groups in total. The Morgan fingerprint density at radius 3 is 2.00 bits per heavy atom. The molecule has 0 heterocycles. The van der Waals surface area contributed by atoms with Crippen LogP contribution in [0.4, 0.5) is 0 Å². The van der Waals surface area contributed by atoms with Gasteiger partial charge in [-0.15, -0.1) is 0 Å². The predicted octanol–water partition coefficient (Wildman–Crippen LogP) is 4.60. The van der Waals surface area contributed by atoms with E-state index >= 15 is 0 Å². The maximum absolute atomic E-state index is 12.9. The van der Waals surface area contributed by atoms with Crippen molar-refractivity contribution in [3.05, 3.63) is 29.8 Å². The molecule has 1 atom stereocenters. The summed E-state index contributed by atoms with van der Waals surface area (Å²) in [6.45, 7) is 12.5. The maximum atomic E-state index is 12.9. The Morgan fingerprint density at radius 1 is 1.10 bits per heavy atom. The Kier molecular flexibility index (Phi) is 5.01. The number of carbonyl (C=O) groups excluding carboxylic acids is 1. The zero-order valence-electron chi connectivity index (χ0n) is 13.7. The lowest BCUT2D eigenvalue weighted by molar-refractivity contribution is -0.134. The molecule has 0 spiro atoms. The van der Waals surface area contributed by atoms with Crippen molar-refractivity contribution in [3.8, 4) is 5.75 Å². The second-order valence-corrected chi connectivity index (χ2v) is 7.39. The van der Waals surface area contributed by atoms with Crippen LogP contribution in [0.25, 0.3) is 0 Å². The maximum Gasteiger partial charge on any atom is 0.142 e. The molecule has 0 aliphatic heterocycles. The number of Topliss-reactive ketones (excluding diaryl/α,β-unsaturated/α-hetero) is 1. The van der Waals surface area contributed by atoms with Crippen LogP contribution in [0.5, 0.6) is 5.75 Å². The van der Waals surface area contributed by atoms with E-state index in [0.717, 1.165) is 18.4 Å². The Hall–Kier alpha value is -1.31. The zero-order chi connectivity index (χ0) is 15.6. The summed E-state index contributed by atoms with van der Waals surface area (Å²) in [5.41, 5.74) is 0.749. The van der Waals surface area contributed by atoms with Crippen LogP contribution in [-0.4, -0.2) is 10.9 Å². The first-order valence-electron chi connectivity index (χ1n) is 7.40. The second-order valence-electron chi connectivity index (χ2n) is 7.39. The van der Waals surface area contributed by atoms with E-state index in [1.807, 2.05) is 26.0 Å². The van der Waals surface area contributed by atoms with Gasteiger partial charge in [-0.2, -0.15) is 0 Å². The molecule has 0 amide bonds. The molecule has 1 unspecified atom stereocenters. The Labute approximate surface area is 123 Å². The number of benzene rings is 1. The van der Waals surface area contributed by atoms with Crippen LogP contribution in [0.2, 0.25) is 0 Å². The van der Waals surface area contributed by atoms with Crippen molar-refractivity contribution in [2.24, 2.45) is 16.7 Å². The van der Waals surface area contributed by atoms with E-state index in [0.29, 0.717) is 5.78 Å². The summed E-state index contributed by atoms with van der Waals surface area (Å²) in [4.78, 5) is 12.9. The van der Waals surface area contributed by atoms with Gasteiger partial charge in [0.1, 0.15) is 11.5 Å². The van der Waals surface area contributed by atoms with Gasteiger partial charge in [0.2, 0.25) is 0 Å². The minimum atomic E-state index is -0.283. The van der Waals surface area contributed by atoms with E-state index in [1.54, 1.807) is 12.1 Å². The first-order chi connectivity index (χ1) is 9.08. The van der Waals surface area contributed by atoms with Gasteiger partial charge >= 0.3 is 0 Å². The third-order valence-electron chi connectivity index (χ3n) is 4.29. The van der Waals surface area contributed by atoms with Crippen molar-refractivity contribution in [1.29, 1.82) is 0 Å². The van der Waals surface area contributed by atoms with Crippen molar-refractivity contribution in [3.63, 3.8) is 0 Å².